The largest absolute Gasteiger partial charge is 0.375 e. The highest BCUT2D eigenvalue weighted by Gasteiger charge is 2.28. The molecular weight excluding hydrogens is 284 g/mol. The molecule has 2 aromatic rings. The maximum Gasteiger partial charge on any atom is 0.180 e. The Hall–Kier alpha value is -1.47. The smallest absolute Gasteiger partial charge is 0.180 e. The van der Waals surface area contributed by atoms with Crippen LogP contribution in [0.15, 0.2) is 6.20 Å². The summed E-state index contributed by atoms with van der Waals surface area (Å²) in [7, 11) is 0. The van der Waals surface area contributed by atoms with E-state index >= 15 is 0 Å². The molecule has 4 heterocycles. The molecule has 2 aliphatic rings. The van der Waals surface area contributed by atoms with E-state index in [4.69, 9.17) is 5.73 Å². The van der Waals surface area contributed by atoms with E-state index in [0.717, 1.165) is 32.6 Å². The fourth-order valence-corrected chi connectivity index (χ4v) is 4.23. The first kappa shape index (κ1) is 13.2. The number of rotatable bonds is 3. The molecule has 2 N–H and O–H groups in total. The van der Waals surface area contributed by atoms with E-state index in [2.05, 4.69) is 24.6 Å². The first-order valence-corrected chi connectivity index (χ1v) is 8.46. The zero-order chi connectivity index (χ0) is 14.2. The molecule has 0 bridgehead atoms. The van der Waals surface area contributed by atoms with Crippen LogP contribution in [-0.4, -0.2) is 37.7 Å². The number of aromatic nitrogens is 4. The molecule has 1 saturated heterocycles. The van der Waals surface area contributed by atoms with Crippen LogP contribution in [0.2, 0.25) is 0 Å². The lowest BCUT2D eigenvalue weighted by atomic mass is 9.97. The minimum absolute atomic E-state index is 0.517. The number of nitrogens with two attached hydrogens (primary N) is 1. The zero-order valence-corrected chi connectivity index (χ0v) is 12.8. The monoisotopic (exact) mass is 304 g/mol. The molecule has 4 rings (SSSR count). The van der Waals surface area contributed by atoms with Crippen molar-refractivity contribution in [2.24, 2.45) is 0 Å². The van der Waals surface area contributed by atoms with Gasteiger partial charge in [0.15, 0.2) is 5.13 Å². The summed E-state index contributed by atoms with van der Waals surface area (Å²) in [5.74, 6) is 2.90. The highest BCUT2D eigenvalue weighted by molar-refractivity contribution is 7.15. The number of nitrogens with zero attached hydrogens (tertiary/aromatic N) is 5. The average Bonchev–Trinajstić information content (AvgIpc) is 3.16. The van der Waals surface area contributed by atoms with E-state index in [-0.39, 0.29) is 0 Å². The van der Waals surface area contributed by atoms with Gasteiger partial charge in [0.2, 0.25) is 0 Å². The Balaban J connectivity index is 1.47. The Labute approximate surface area is 128 Å². The molecule has 2 aliphatic heterocycles. The lowest BCUT2D eigenvalue weighted by Gasteiger charge is -2.31. The summed E-state index contributed by atoms with van der Waals surface area (Å²) in [6.45, 7) is 4.26. The molecule has 1 atom stereocenters. The molecule has 6 nitrogen and oxygen atoms in total. The van der Waals surface area contributed by atoms with Gasteiger partial charge in [0.05, 0.1) is 0 Å². The lowest BCUT2D eigenvalue weighted by Crippen LogP contribution is -2.34. The quantitative estimate of drug-likeness (QED) is 0.933. The number of hydrogen-bond acceptors (Lipinski definition) is 6. The number of fused-ring (bicyclic) bond motifs is 1. The van der Waals surface area contributed by atoms with Crippen LogP contribution in [0.25, 0.3) is 0 Å². The van der Waals surface area contributed by atoms with E-state index < -0.39 is 0 Å². The van der Waals surface area contributed by atoms with Gasteiger partial charge in [-0.15, -0.1) is 21.5 Å². The molecule has 21 heavy (non-hydrogen) atoms. The molecule has 7 heteroatoms. The summed E-state index contributed by atoms with van der Waals surface area (Å²) in [4.78, 5) is 7.89. The summed E-state index contributed by atoms with van der Waals surface area (Å²) in [6.07, 6.45) is 6.65. The minimum Gasteiger partial charge on any atom is -0.375 e. The summed E-state index contributed by atoms with van der Waals surface area (Å²) in [6, 6.07) is 0. The SMILES string of the molecule is Nc1ncc(CN2CCCC(c3nnc4n3CCC4)C2)s1. The van der Waals surface area contributed by atoms with E-state index in [1.54, 1.807) is 11.3 Å². The normalized spacial score (nSPS) is 22.6. The number of thiazole rings is 1. The van der Waals surface area contributed by atoms with Gasteiger partial charge in [0.1, 0.15) is 11.6 Å². The molecule has 0 amide bonds. The Kier molecular flexibility index (Phi) is 3.39. The number of anilines is 1. The molecule has 0 saturated carbocycles. The van der Waals surface area contributed by atoms with Gasteiger partial charge in [0.25, 0.3) is 0 Å². The standard InChI is InChI=1S/C14H20N6S/c15-14-16-7-11(21-14)9-19-5-1-3-10(8-19)13-18-17-12-4-2-6-20(12)13/h7,10H,1-6,8-9H2,(H2,15,16). The van der Waals surface area contributed by atoms with Crippen LogP contribution in [0.1, 0.15) is 41.7 Å². The molecular formula is C14H20N6S. The van der Waals surface area contributed by atoms with Gasteiger partial charge < -0.3 is 10.3 Å². The predicted molar refractivity (Wildman–Crippen MR) is 82.1 cm³/mol. The fraction of sp³-hybridized carbons (Fsp3) is 0.643. The van der Waals surface area contributed by atoms with Gasteiger partial charge in [-0.25, -0.2) is 4.98 Å². The van der Waals surface area contributed by atoms with Gasteiger partial charge in [-0.1, -0.05) is 0 Å². The first-order chi connectivity index (χ1) is 10.3. The Morgan fingerprint density at radius 1 is 1.29 bits per heavy atom. The van der Waals surface area contributed by atoms with Crippen molar-refractivity contribution in [3.63, 3.8) is 0 Å². The summed E-state index contributed by atoms with van der Waals surface area (Å²) < 4.78 is 2.35. The second kappa shape index (κ2) is 5.38. The highest BCUT2D eigenvalue weighted by atomic mass is 32.1. The molecule has 1 unspecified atom stereocenters. The van der Waals surface area contributed by atoms with Crippen LogP contribution >= 0.6 is 11.3 Å². The summed E-state index contributed by atoms with van der Waals surface area (Å²) in [5.41, 5.74) is 5.72. The van der Waals surface area contributed by atoms with Gasteiger partial charge >= 0.3 is 0 Å². The summed E-state index contributed by atoms with van der Waals surface area (Å²) >= 11 is 1.59. The Morgan fingerprint density at radius 3 is 3.10 bits per heavy atom. The lowest BCUT2D eigenvalue weighted by molar-refractivity contribution is 0.196. The number of likely N-dealkylation sites (tertiary alicyclic amines) is 1. The second-order valence-electron chi connectivity index (χ2n) is 5.97. The van der Waals surface area contributed by atoms with E-state index in [1.807, 2.05) is 6.20 Å². The van der Waals surface area contributed by atoms with Crippen molar-refractivity contribution >= 4 is 16.5 Å². The van der Waals surface area contributed by atoms with Crippen molar-refractivity contribution < 1.29 is 0 Å². The van der Waals surface area contributed by atoms with Gasteiger partial charge in [-0.05, 0) is 25.8 Å². The Morgan fingerprint density at radius 2 is 2.24 bits per heavy atom. The summed E-state index contributed by atoms with van der Waals surface area (Å²) in [5, 5.41) is 9.48. The van der Waals surface area contributed by atoms with E-state index in [9.17, 15) is 0 Å². The maximum absolute atomic E-state index is 5.72. The molecule has 1 fully saturated rings. The third-order valence-electron chi connectivity index (χ3n) is 4.46. The van der Waals surface area contributed by atoms with Gasteiger partial charge in [-0.3, -0.25) is 4.90 Å². The van der Waals surface area contributed by atoms with E-state index in [0.29, 0.717) is 11.0 Å². The van der Waals surface area contributed by atoms with Gasteiger partial charge in [-0.2, -0.15) is 0 Å². The number of nitrogen functional groups attached to an aromatic ring is 1. The van der Waals surface area contributed by atoms with Crippen LogP contribution in [-0.2, 0) is 19.5 Å². The fourth-order valence-electron chi connectivity index (χ4n) is 3.50. The zero-order valence-electron chi connectivity index (χ0n) is 12.0. The van der Waals surface area contributed by atoms with Crippen molar-refractivity contribution in [2.45, 2.75) is 44.7 Å². The average molecular weight is 304 g/mol. The molecule has 112 valence electrons. The molecule has 0 aliphatic carbocycles. The van der Waals surface area contributed by atoms with Crippen molar-refractivity contribution in [1.82, 2.24) is 24.6 Å². The molecule has 0 radical (unpaired) electrons. The van der Waals surface area contributed by atoms with Crippen molar-refractivity contribution in [2.75, 3.05) is 18.8 Å². The minimum atomic E-state index is 0.517. The van der Waals surface area contributed by atoms with E-state index in [1.165, 1.54) is 35.8 Å². The van der Waals surface area contributed by atoms with Crippen LogP contribution < -0.4 is 5.73 Å². The third-order valence-corrected chi connectivity index (χ3v) is 5.27. The molecule has 0 aromatic carbocycles. The van der Waals surface area contributed by atoms with Crippen molar-refractivity contribution in [3.05, 3.63) is 22.7 Å². The van der Waals surface area contributed by atoms with Crippen molar-refractivity contribution in [1.29, 1.82) is 0 Å². The number of hydrogen-bond donors (Lipinski definition) is 1. The first-order valence-electron chi connectivity index (χ1n) is 7.64. The Bertz CT molecular complexity index is 633. The van der Waals surface area contributed by atoms with Crippen LogP contribution in [0.3, 0.4) is 0 Å². The second-order valence-corrected chi connectivity index (χ2v) is 7.12. The third kappa shape index (κ3) is 2.55. The highest BCUT2D eigenvalue weighted by Crippen LogP contribution is 2.29. The molecule has 0 spiro atoms. The maximum atomic E-state index is 5.72. The number of piperidine rings is 1. The van der Waals surface area contributed by atoms with Crippen LogP contribution in [0, 0.1) is 0 Å². The number of aryl methyl sites for hydroxylation is 1. The predicted octanol–water partition coefficient (Wildman–Crippen LogP) is 1.64. The van der Waals surface area contributed by atoms with Crippen LogP contribution in [0.4, 0.5) is 5.13 Å². The van der Waals surface area contributed by atoms with Crippen molar-refractivity contribution in [3.8, 4) is 0 Å². The topological polar surface area (TPSA) is 72.9 Å². The molecule has 2 aromatic heterocycles. The van der Waals surface area contributed by atoms with Crippen LogP contribution in [0.5, 0.6) is 0 Å². The van der Waals surface area contributed by atoms with Gasteiger partial charge in [0, 0.05) is 43.0 Å².